The number of carbonyl (C=O) groups excluding carboxylic acids is 1. The van der Waals surface area contributed by atoms with Crippen molar-refractivity contribution < 1.29 is 14.3 Å². The van der Waals surface area contributed by atoms with Crippen LogP contribution in [-0.4, -0.2) is 33.7 Å². The third-order valence-corrected chi connectivity index (χ3v) is 2.36. The van der Waals surface area contributed by atoms with E-state index in [2.05, 4.69) is 10.6 Å². The maximum atomic E-state index is 11.1. The average Bonchev–Trinajstić information content (AvgIpc) is 2.38. The summed E-state index contributed by atoms with van der Waals surface area (Å²) in [4.78, 5) is 11.1. The van der Waals surface area contributed by atoms with E-state index in [0.29, 0.717) is 18.7 Å². The van der Waals surface area contributed by atoms with Gasteiger partial charge >= 0.3 is 0 Å². The summed E-state index contributed by atoms with van der Waals surface area (Å²) in [6, 6.07) is 5.49. The minimum atomic E-state index is 0.00461. The standard InChI is InChI=1S/C12H18N2O3/c1-13-12(15)6-7-14-10-5-4-9(16-2)8-11(10)17-3/h4-5,8,14H,6-7H2,1-3H3,(H,13,15). The summed E-state index contributed by atoms with van der Waals surface area (Å²) in [6.45, 7) is 0.558. The van der Waals surface area contributed by atoms with Crippen molar-refractivity contribution in [1.29, 1.82) is 0 Å². The van der Waals surface area contributed by atoms with Crippen LogP contribution in [0.25, 0.3) is 0 Å². The summed E-state index contributed by atoms with van der Waals surface area (Å²) in [6.07, 6.45) is 0.422. The Bertz CT molecular complexity index is 380. The van der Waals surface area contributed by atoms with Crippen molar-refractivity contribution in [2.24, 2.45) is 0 Å². The van der Waals surface area contributed by atoms with Crippen molar-refractivity contribution in [2.45, 2.75) is 6.42 Å². The molecule has 0 saturated heterocycles. The SMILES string of the molecule is CNC(=O)CCNc1ccc(OC)cc1OC. The summed E-state index contributed by atoms with van der Waals surface area (Å²) in [5.41, 5.74) is 0.845. The molecule has 0 heterocycles. The lowest BCUT2D eigenvalue weighted by Gasteiger charge is -2.12. The predicted octanol–water partition coefficient (Wildman–Crippen LogP) is 1.25. The van der Waals surface area contributed by atoms with Crippen LogP contribution in [-0.2, 0) is 4.79 Å². The first-order chi connectivity index (χ1) is 8.21. The molecule has 0 fully saturated rings. The van der Waals surface area contributed by atoms with Crippen molar-refractivity contribution >= 4 is 11.6 Å². The van der Waals surface area contributed by atoms with Crippen LogP contribution in [0.1, 0.15) is 6.42 Å². The van der Waals surface area contributed by atoms with Gasteiger partial charge in [0.1, 0.15) is 11.5 Å². The summed E-state index contributed by atoms with van der Waals surface area (Å²) in [7, 11) is 4.82. The summed E-state index contributed by atoms with van der Waals surface area (Å²) in [5, 5.41) is 5.71. The highest BCUT2D eigenvalue weighted by molar-refractivity contribution is 5.76. The van der Waals surface area contributed by atoms with Crippen LogP contribution in [0.15, 0.2) is 18.2 Å². The van der Waals surface area contributed by atoms with E-state index in [1.807, 2.05) is 12.1 Å². The van der Waals surface area contributed by atoms with E-state index in [0.717, 1.165) is 11.4 Å². The lowest BCUT2D eigenvalue weighted by atomic mass is 10.2. The molecule has 0 unspecified atom stereocenters. The summed E-state index contributed by atoms with van der Waals surface area (Å²) in [5.74, 6) is 1.44. The third kappa shape index (κ3) is 3.86. The average molecular weight is 238 g/mol. The molecule has 0 aliphatic heterocycles. The highest BCUT2D eigenvalue weighted by atomic mass is 16.5. The molecule has 0 saturated carbocycles. The molecule has 1 aromatic rings. The van der Waals surface area contributed by atoms with E-state index in [-0.39, 0.29) is 5.91 Å². The Morgan fingerprint density at radius 1 is 1.29 bits per heavy atom. The first-order valence-corrected chi connectivity index (χ1v) is 5.37. The highest BCUT2D eigenvalue weighted by Gasteiger charge is 2.05. The van der Waals surface area contributed by atoms with Gasteiger partial charge in [-0.15, -0.1) is 0 Å². The maximum Gasteiger partial charge on any atom is 0.221 e. The topological polar surface area (TPSA) is 59.6 Å². The minimum absolute atomic E-state index is 0.00461. The molecule has 0 bridgehead atoms. The lowest BCUT2D eigenvalue weighted by Crippen LogP contribution is -2.20. The summed E-state index contributed by atoms with van der Waals surface area (Å²) >= 11 is 0. The molecule has 0 aromatic heterocycles. The second-order valence-corrected chi connectivity index (χ2v) is 3.42. The van der Waals surface area contributed by atoms with E-state index in [1.54, 1.807) is 27.3 Å². The molecule has 1 rings (SSSR count). The Morgan fingerprint density at radius 2 is 2.06 bits per heavy atom. The number of anilines is 1. The summed E-state index contributed by atoms with van der Waals surface area (Å²) < 4.78 is 10.3. The molecule has 1 amide bonds. The van der Waals surface area contributed by atoms with Gasteiger partial charge in [-0.3, -0.25) is 4.79 Å². The van der Waals surface area contributed by atoms with Crippen molar-refractivity contribution in [2.75, 3.05) is 33.1 Å². The second-order valence-electron chi connectivity index (χ2n) is 3.42. The van der Waals surface area contributed by atoms with Crippen LogP contribution in [0.3, 0.4) is 0 Å². The number of rotatable bonds is 6. The zero-order valence-corrected chi connectivity index (χ0v) is 10.4. The molecule has 0 radical (unpaired) electrons. The molecule has 5 nitrogen and oxygen atoms in total. The van der Waals surface area contributed by atoms with Crippen LogP contribution in [0.4, 0.5) is 5.69 Å². The van der Waals surface area contributed by atoms with Crippen LogP contribution >= 0.6 is 0 Å². The molecule has 17 heavy (non-hydrogen) atoms. The van der Waals surface area contributed by atoms with E-state index in [1.165, 1.54) is 0 Å². The van der Waals surface area contributed by atoms with E-state index >= 15 is 0 Å². The molecule has 0 aliphatic rings. The number of ether oxygens (including phenoxy) is 2. The molecule has 5 heteroatoms. The Labute approximate surface area is 101 Å². The van der Waals surface area contributed by atoms with Gasteiger partial charge in [0.2, 0.25) is 5.91 Å². The molecule has 1 aromatic carbocycles. The molecule has 0 aliphatic carbocycles. The smallest absolute Gasteiger partial charge is 0.221 e. The fourth-order valence-electron chi connectivity index (χ4n) is 1.38. The monoisotopic (exact) mass is 238 g/mol. The molecular formula is C12H18N2O3. The number of carbonyl (C=O) groups is 1. The molecule has 94 valence electrons. The zero-order valence-electron chi connectivity index (χ0n) is 10.4. The first kappa shape index (κ1) is 13.2. The number of methoxy groups -OCH3 is 2. The van der Waals surface area contributed by atoms with Gasteiger partial charge in [-0.2, -0.15) is 0 Å². The van der Waals surface area contributed by atoms with E-state index in [9.17, 15) is 4.79 Å². The van der Waals surface area contributed by atoms with Gasteiger partial charge in [-0.25, -0.2) is 0 Å². The number of hydrogen-bond donors (Lipinski definition) is 2. The Balaban J connectivity index is 2.61. The number of benzene rings is 1. The van der Waals surface area contributed by atoms with Gasteiger partial charge in [0, 0.05) is 26.1 Å². The molecular weight excluding hydrogens is 220 g/mol. The van der Waals surface area contributed by atoms with Crippen LogP contribution in [0.5, 0.6) is 11.5 Å². The zero-order chi connectivity index (χ0) is 12.7. The Morgan fingerprint density at radius 3 is 2.65 bits per heavy atom. The van der Waals surface area contributed by atoms with Gasteiger partial charge in [0.05, 0.1) is 19.9 Å². The Hall–Kier alpha value is -1.91. The number of hydrogen-bond acceptors (Lipinski definition) is 4. The van der Waals surface area contributed by atoms with Crippen molar-refractivity contribution in [1.82, 2.24) is 5.32 Å². The van der Waals surface area contributed by atoms with E-state index < -0.39 is 0 Å². The van der Waals surface area contributed by atoms with Crippen LogP contribution < -0.4 is 20.1 Å². The van der Waals surface area contributed by atoms with Crippen LogP contribution in [0.2, 0.25) is 0 Å². The van der Waals surface area contributed by atoms with Gasteiger partial charge in [0.15, 0.2) is 0 Å². The lowest BCUT2D eigenvalue weighted by molar-refractivity contribution is -0.120. The minimum Gasteiger partial charge on any atom is -0.497 e. The third-order valence-electron chi connectivity index (χ3n) is 2.36. The van der Waals surface area contributed by atoms with Crippen LogP contribution in [0, 0.1) is 0 Å². The normalized spacial score (nSPS) is 9.59. The van der Waals surface area contributed by atoms with Gasteiger partial charge in [-0.05, 0) is 12.1 Å². The maximum absolute atomic E-state index is 11.1. The quantitative estimate of drug-likeness (QED) is 0.783. The highest BCUT2D eigenvalue weighted by Crippen LogP contribution is 2.28. The van der Waals surface area contributed by atoms with E-state index in [4.69, 9.17) is 9.47 Å². The largest absolute Gasteiger partial charge is 0.497 e. The van der Waals surface area contributed by atoms with Crippen molar-refractivity contribution in [3.63, 3.8) is 0 Å². The fraction of sp³-hybridized carbons (Fsp3) is 0.417. The number of nitrogens with one attached hydrogen (secondary N) is 2. The second kappa shape index (κ2) is 6.62. The predicted molar refractivity (Wildman–Crippen MR) is 66.7 cm³/mol. The van der Waals surface area contributed by atoms with Gasteiger partial charge in [0.25, 0.3) is 0 Å². The molecule has 2 N–H and O–H groups in total. The molecule has 0 atom stereocenters. The molecule has 0 spiro atoms. The Kier molecular flexibility index (Phi) is 5.13. The van der Waals surface area contributed by atoms with Crippen molar-refractivity contribution in [3.05, 3.63) is 18.2 Å². The van der Waals surface area contributed by atoms with Gasteiger partial charge in [-0.1, -0.05) is 0 Å². The number of amides is 1. The fourth-order valence-corrected chi connectivity index (χ4v) is 1.38. The van der Waals surface area contributed by atoms with Gasteiger partial charge < -0.3 is 20.1 Å². The first-order valence-electron chi connectivity index (χ1n) is 5.37. The van der Waals surface area contributed by atoms with Crippen molar-refractivity contribution in [3.8, 4) is 11.5 Å².